The first-order valence-electron chi connectivity index (χ1n) is 17.0. The number of Topliss-reactive ketones (excluding diaryl/α,β-unsaturated/α-hetero) is 1. The zero-order chi connectivity index (χ0) is 35.7. The van der Waals surface area contributed by atoms with Gasteiger partial charge in [-0.3, -0.25) is 9.59 Å². The number of halogens is 9. The Bertz CT molecular complexity index is 1300. The van der Waals surface area contributed by atoms with Gasteiger partial charge in [0.2, 0.25) is 0 Å². The van der Waals surface area contributed by atoms with E-state index in [2.05, 4.69) is 6.92 Å². The number of aliphatic carboxylic acids is 1. The maximum atomic E-state index is 13.8. The highest BCUT2D eigenvalue weighted by atomic mass is 19.4. The van der Waals surface area contributed by atoms with Crippen LogP contribution in [0.4, 0.5) is 39.5 Å². The predicted molar refractivity (Wildman–Crippen MR) is 159 cm³/mol. The number of carbonyl (C=O) groups excluding carboxylic acids is 1. The number of ketones is 1. The van der Waals surface area contributed by atoms with E-state index >= 15 is 0 Å². The van der Waals surface area contributed by atoms with E-state index in [-0.39, 0.29) is 17.6 Å². The van der Waals surface area contributed by atoms with Crippen molar-refractivity contribution in [3.63, 3.8) is 0 Å². The lowest BCUT2D eigenvalue weighted by molar-refractivity contribution is -0.396. The van der Waals surface area contributed by atoms with Gasteiger partial charge < -0.3 is 10.2 Å². The Labute approximate surface area is 274 Å². The second-order valence-corrected chi connectivity index (χ2v) is 14.5. The maximum Gasteiger partial charge on any atom is 0.460 e. The molecule has 0 saturated heterocycles. The van der Waals surface area contributed by atoms with Crippen molar-refractivity contribution in [2.24, 2.45) is 29.1 Å². The van der Waals surface area contributed by atoms with Crippen molar-refractivity contribution in [3.8, 4) is 5.75 Å². The molecule has 4 rings (SSSR count). The smallest absolute Gasteiger partial charge is 0.460 e. The minimum Gasteiger partial charge on any atom is -0.508 e. The Morgan fingerprint density at radius 1 is 0.875 bits per heavy atom. The Morgan fingerprint density at radius 3 is 2.15 bits per heavy atom. The van der Waals surface area contributed by atoms with Crippen molar-refractivity contribution < 1.29 is 59.3 Å². The van der Waals surface area contributed by atoms with Gasteiger partial charge in [-0.1, -0.05) is 51.5 Å². The Kier molecular flexibility index (Phi) is 11.5. The van der Waals surface area contributed by atoms with Crippen molar-refractivity contribution in [2.75, 3.05) is 0 Å². The van der Waals surface area contributed by atoms with Crippen molar-refractivity contribution >= 4 is 11.8 Å². The number of hydrogen-bond donors (Lipinski definition) is 2. The van der Waals surface area contributed by atoms with Gasteiger partial charge in [0, 0.05) is 18.3 Å². The van der Waals surface area contributed by atoms with Gasteiger partial charge in [-0.15, -0.1) is 0 Å². The number of phenolic OH excluding ortho intramolecular Hbond substituents is 1. The number of unbranched alkanes of at least 4 members (excludes halogenated alkanes) is 5. The molecular formula is C35H45F9O4. The van der Waals surface area contributed by atoms with Crippen molar-refractivity contribution in [1.29, 1.82) is 0 Å². The number of carboxylic acid groups (broad SMARTS) is 1. The number of fused-ring (bicyclic) bond motifs is 5. The first-order chi connectivity index (χ1) is 22.2. The van der Waals surface area contributed by atoms with Crippen LogP contribution in [0.1, 0.15) is 120 Å². The molecule has 1 aromatic rings. The van der Waals surface area contributed by atoms with E-state index in [0.29, 0.717) is 48.7 Å². The van der Waals surface area contributed by atoms with Crippen molar-refractivity contribution in [3.05, 3.63) is 29.3 Å². The molecule has 3 aliphatic carbocycles. The third kappa shape index (κ3) is 7.49. The fraction of sp³-hybridized carbons (Fsp3) is 0.771. The van der Waals surface area contributed by atoms with E-state index in [0.717, 1.165) is 57.8 Å². The molecule has 0 amide bonds. The van der Waals surface area contributed by atoms with E-state index in [1.807, 2.05) is 12.1 Å². The number of rotatable bonds is 16. The minimum atomic E-state index is -6.95. The van der Waals surface area contributed by atoms with Gasteiger partial charge in [0.05, 0.1) is 5.92 Å². The van der Waals surface area contributed by atoms with Crippen LogP contribution in [0.25, 0.3) is 0 Å². The highest BCUT2D eigenvalue weighted by molar-refractivity contribution is 5.87. The summed E-state index contributed by atoms with van der Waals surface area (Å²) < 4.78 is 118. The topological polar surface area (TPSA) is 74.6 Å². The lowest BCUT2D eigenvalue weighted by Crippen LogP contribution is -2.60. The summed E-state index contributed by atoms with van der Waals surface area (Å²) >= 11 is 0. The number of aryl methyl sites for hydroxylation is 1. The molecule has 272 valence electrons. The summed E-state index contributed by atoms with van der Waals surface area (Å²) in [6.45, 7) is 2.14. The van der Waals surface area contributed by atoms with Crippen LogP contribution in [0.15, 0.2) is 18.2 Å². The van der Waals surface area contributed by atoms with Gasteiger partial charge in [-0.25, -0.2) is 0 Å². The summed E-state index contributed by atoms with van der Waals surface area (Å²) in [6, 6.07) is 5.65. The Morgan fingerprint density at radius 2 is 1.50 bits per heavy atom. The molecule has 1 unspecified atom stereocenters. The van der Waals surface area contributed by atoms with Gasteiger partial charge in [0.15, 0.2) is 0 Å². The van der Waals surface area contributed by atoms with Crippen molar-refractivity contribution in [2.45, 2.75) is 140 Å². The molecule has 0 heterocycles. The molecule has 0 aromatic heterocycles. The number of benzene rings is 1. The molecule has 48 heavy (non-hydrogen) atoms. The maximum absolute atomic E-state index is 13.8. The number of hydrogen-bond acceptors (Lipinski definition) is 3. The molecule has 0 bridgehead atoms. The molecule has 0 radical (unpaired) electrons. The van der Waals surface area contributed by atoms with Crippen LogP contribution in [0.3, 0.4) is 0 Å². The third-order valence-electron chi connectivity index (χ3n) is 11.5. The number of carbonyl (C=O) groups is 2. The van der Waals surface area contributed by atoms with Crippen LogP contribution in [-0.2, 0) is 16.0 Å². The highest BCUT2D eigenvalue weighted by Crippen LogP contribution is 2.62. The first-order valence-corrected chi connectivity index (χ1v) is 17.0. The minimum absolute atomic E-state index is 0.0316. The number of alkyl halides is 9. The van der Waals surface area contributed by atoms with E-state index in [1.165, 1.54) is 11.1 Å². The zero-order valence-corrected chi connectivity index (χ0v) is 27.0. The second-order valence-electron chi connectivity index (χ2n) is 14.5. The average Bonchev–Trinajstić information content (AvgIpc) is 3.29. The number of phenols is 1. The van der Waals surface area contributed by atoms with E-state index in [4.69, 9.17) is 0 Å². The lowest BCUT2D eigenvalue weighted by Gasteiger charge is -2.52. The molecule has 0 aliphatic heterocycles. The van der Waals surface area contributed by atoms with E-state index in [9.17, 15) is 59.3 Å². The number of aromatic hydroxyl groups is 1. The van der Waals surface area contributed by atoms with Gasteiger partial charge in [-0.05, 0) is 98.3 Å². The molecule has 13 heteroatoms. The first kappa shape index (κ1) is 38.3. The SMILES string of the molecule is C[C@]12C[C@H](CCCCCCCCC(CCCC(F)(F)C(F)(F)C(F)(F)C(F)(F)F)C(=O)O)[C@@H]3c4ccc(O)cc4CC[C@H]3[C@@H]1CCC2=O. The molecule has 6 atom stereocenters. The normalized spacial score (nSPS) is 26.9. The highest BCUT2D eigenvalue weighted by Gasteiger charge is 2.81. The Balaban J connectivity index is 1.21. The molecule has 4 nitrogen and oxygen atoms in total. The summed E-state index contributed by atoms with van der Waals surface area (Å²) in [5, 5.41) is 19.5. The molecule has 1 aromatic carbocycles. The predicted octanol–water partition coefficient (Wildman–Crippen LogP) is 10.5. The molecule has 2 fully saturated rings. The fourth-order valence-electron chi connectivity index (χ4n) is 8.95. The van der Waals surface area contributed by atoms with E-state index < -0.39 is 55.1 Å². The van der Waals surface area contributed by atoms with Gasteiger partial charge in [-0.2, -0.15) is 39.5 Å². The molecule has 2 N–H and O–H groups in total. The molecule has 2 saturated carbocycles. The Hall–Kier alpha value is -2.47. The van der Waals surface area contributed by atoms with Crippen LogP contribution in [0, 0.1) is 29.1 Å². The summed E-state index contributed by atoms with van der Waals surface area (Å²) in [6.07, 6.45) is -0.625. The quantitative estimate of drug-likeness (QED) is 0.133. The van der Waals surface area contributed by atoms with Crippen LogP contribution < -0.4 is 0 Å². The largest absolute Gasteiger partial charge is 0.508 e. The molecule has 0 spiro atoms. The molecular weight excluding hydrogens is 655 g/mol. The lowest BCUT2D eigenvalue weighted by atomic mass is 9.51. The van der Waals surface area contributed by atoms with Crippen LogP contribution in [-0.4, -0.2) is 45.9 Å². The average molecular weight is 701 g/mol. The van der Waals surface area contributed by atoms with Gasteiger partial charge >= 0.3 is 29.9 Å². The summed E-state index contributed by atoms with van der Waals surface area (Å²) in [7, 11) is 0. The standard InChI is InChI=1S/C35H45F9O4/c1-31-20-23(29-25-15-13-24(45)19-22(25)12-14-26(29)27(31)16-17-28(31)46)10-7-5-3-2-4-6-9-21(30(47)48)11-8-18-32(36,37)33(38,39)34(40,41)35(42,43)44/h13,15,19,21,23,26-27,29,45H,2-12,14,16-18,20H2,1H3,(H,47,48)/t21?,23-,26-,27-,29+,31-/m0/s1. The summed E-state index contributed by atoms with van der Waals surface area (Å²) in [4.78, 5) is 24.6. The second kappa shape index (κ2) is 14.4. The van der Waals surface area contributed by atoms with Crippen molar-refractivity contribution in [1.82, 2.24) is 0 Å². The van der Waals surface area contributed by atoms with Crippen LogP contribution in [0.5, 0.6) is 5.75 Å². The summed E-state index contributed by atoms with van der Waals surface area (Å²) in [5.41, 5.74) is 2.18. The molecule has 3 aliphatic rings. The monoisotopic (exact) mass is 700 g/mol. The van der Waals surface area contributed by atoms with Crippen LogP contribution >= 0.6 is 0 Å². The zero-order valence-electron chi connectivity index (χ0n) is 27.0. The summed E-state index contributed by atoms with van der Waals surface area (Å²) in [5.74, 6) is -19.8. The fourth-order valence-corrected chi connectivity index (χ4v) is 8.95. The van der Waals surface area contributed by atoms with Gasteiger partial charge in [0.1, 0.15) is 11.5 Å². The number of carboxylic acids is 1. The van der Waals surface area contributed by atoms with Crippen LogP contribution in [0.2, 0.25) is 0 Å². The van der Waals surface area contributed by atoms with E-state index in [1.54, 1.807) is 6.07 Å². The van der Waals surface area contributed by atoms with Gasteiger partial charge in [0.25, 0.3) is 0 Å². The third-order valence-corrected chi connectivity index (χ3v) is 11.5.